The summed E-state index contributed by atoms with van der Waals surface area (Å²) in [6.45, 7) is 4.78. The molecule has 1 aliphatic rings. The van der Waals surface area contributed by atoms with Crippen molar-refractivity contribution in [2.24, 2.45) is 0 Å². The number of ether oxygens (including phenoxy) is 2. The van der Waals surface area contributed by atoms with E-state index in [0.29, 0.717) is 12.7 Å². The third-order valence-corrected chi connectivity index (χ3v) is 4.00. The van der Waals surface area contributed by atoms with Gasteiger partial charge in [0.2, 0.25) is 6.79 Å². The van der Waals surface area contributed by atoms with Crippen LogP contribution in [0.5, 0.6) is 11.5 Å². The molecule has 0 fully saturated rings. The van der Waals surface area contributed by atoms with Crippen LogP contribution in [0.15, 0.2) is 18.2 Å². The minimum atomic E-state index is 0.351. The summed E-state index contributed by atoms with van der Waals surface area (Å²) >= 11 is 1.84. The van der Waals surface area contributed by atoms with Gasteiger partial charge in [-0.25, -0.2) is 0 Å². The molecule has 1 aliphatic heterocycles. The van der Waals surface area contributed by atoms with Crippen LogP contribution in [0.4, 0.5) is 0 Å². The van der Waals surface area contributed by atoms with Crippen LogP contribution in [0.25, 0.3) is 10.1 Å². The molecule has 3 heteroatoms. The lowest BCUT2D eigenvalue weighted by atomic mass is 10.1. The zero-order valence-corrected chi connectivity index (χ0v) is 9.56. The summed E-state index contributed by atoms with van der Waals surface area (Å²) in [6, 6.07) is 6.39. The van der Waals surface area contributed by atoms with Gasteiger partial charge in [-0.3, -0.25) is 0 Å². The van der Waals surface area contributed by atoms with Crippen molar-refractivity contribution in [2.45, 2.75) is 19.8 Å². The number of benzene rings is 1. The van der Waals surface area contributed by atoms with E-state index in [2.05, 4.69) is 32.0 Å². The van der Waals surface area contributed by atoms with Gasteiger partial charge in [0.1, 0.15) is 0 Å². The first-order valence-electron chi connectivity index (χ1n) is 5.07. The summed E-state index contributed by atoms with van der Waals surface area (Å²) in [7, 11) is 0. The highest BCUT2D eigenvalue weighted by molar-refractivity contribution is 7.19. The number of thiophene rings is 1. The second-order valence-electron chi connectivity index (χ2n) is 4.05. The summed E-state index contributed by atoms with van der Waals surface area (Å²) in [5.41, 5.74) is 0. The first kappa shape index (κ1) is 9.04. The van der Waals surface area contributed by atoms with E-state index in [1.165, 1.54) is 15.0 Å². The Morgan fingerprint density at radius 1 is 1.13 bits per heavy atom. The molecule has 78 valence electrons. The van der Waals surface area contributed by atoms with E-state index in [1.807, 2.05) is 11.3 Å². The Morgan fingerprint density at radius 3 is 2.60 bits per heavy atom. The van der Waals surface area contributed by atoms with Crippen molar-refractivity contribution in [2.75, 3.05) is 6.79 Å². The normalized spacial score (nSPS) is 14.1. The molecule has 0 radical (unpaired) electrons. The second-order valence-corrected chi connectivity index (χ2v) is 5.16. The average molecular weight is 220 g/mol. The van der Waals surface area contributed by atoms with Crippen LogP contribution < -0.4 is 9.47 Å². The molecule has 2 aromatic rings. The number of rotatable bonds is 1. The summed E-state index contributed by atoms with van der Waals surface area (Å²) in [5, 5.41) is 1.26. The maximum absolute atomic E-state index is 5.36. The predicted molar refractivity (Wildman–Crippen MR) is 62.0 cm³/mol. The highest BCUT2D eigenvalue weighted by atomic mass is 32.1. The molecular formula is C12H12O2S. The Balaban J connectivity index is 2.20. The summed E-state index contributed by atoms with van der Waals surface area (Å²) in [6.07, 6.45) is 0. The molecule has 2 heterocycles. The Kier molecular flexibility index (Phi) is 1.89. The molecule has 0 atom stereocenters. The molecule has 0 N–H and O–H groups in total. The third-order valence-electron chi connectivity index (χ3n) is 2.60. The molecule has 1 aromatic heterocycles. The second kappa shape index (κ2) is 3.14. The fourth-order valence-corrected chi connectivity index (χ4v) is 2.81. The van der Waals surface area contributed by atoms with Crippen molar-refractivity contribution in [3.8, 4) is 11.5 Å². The van der Waals surface area contributed by atoms with Gasteiger partial charge in [0.15, 0.2) is 11.5 Å². The van der Waals surface area contributed by atoms with Crippen molar-refractivity contribution >= 4 is 21.4 Å². The summed E-state index contributed by atoms with van der Waals surface area (Å²) in [4.78, 5) is 1.41. The van der Waals surface area contributed by atoms with E-state index in [1.54, 1.807) is 0 Å². The molecule has 0 aliphatic carbocycles. The maximum Gasteiger partial charge on any atom is 0.231 e. The number of fused-ring (bicyclic) bond motifs is 2. The van der Waals surface area contributed by atoms with Crippen LogP contribution in [0.1, 0.15) is 24.6 Å². The minimum Gasteiger partial charge on any atom is -0.454 e. The van der Waals surface area contributed by atoms with Gasteiger partial charge in [-0.1, -0.05) is 13.8 Å². The average Bonchev–Trinajstić information content (AvgIpc) is 2.77. The molecule has 15 heavy (non-hydrogen) atoms. The predicted octanol–water partition coefficient (Wildman–Crippen LogP) is 3.75. The fourth-order valence-electron chi connectivity index (χ4n) is 1.73. The van der Waals surface area contributed by atoms with Crippen LogP contribution in [0, 0.1) is 0 Å². The van der Waals surface area contributed by atoms with Gasteiger partial charge in [0.05, 0.1) is 0 Å². The largest absolute Gasteiger partial charge is 0.454 e. The van der Waals surface area contributed by atoms with Crippen molar-refractivity contribution in [1.29, 1.82) is 0 Å². The lowest BCUT2D eigenvalue weighted by Crippen LogP contribution is -1.92. The van der Waals surface area contributed by atoms with Crippen LogP contribution in [-0.2, 0) is 0 Å². The fraction of sp³-hybridized carbons (Fsp3) is 0.333. The van der Waals surface area contributed by atoms with Crippen LogP contribution >= 0.6 is 11.3 Å². The highest BCUT2D eigenvalue weighted by Gasteiger charge is 2.16. The summed E-state index contributed by atoms with van der Waals surface area (Å²) in [5.74, 6) is 2.33. The van der Waals surface area contributed by atoms with Gasteiger partial charge in [0.25, 0.3) is 0 Å². The number of hydrogen-bond donors (Lipinski definition) is 0. The lowest BCUT2D eigenvalue weighted by molar-refractivity contribution is 0.174. The third kappa shape index (κ3) is 1.38. The molecule has 0 bridgehead atoms. The quantitative estimate of drug-likeness (QED) is 0.728. The zero-order valence-electron chi connectivity index (χ0n) is 8.74. The molecular weight excluding hydrogens is 208 g/mol. The Morgan fingerprint density at radius 2 is 1.87 bits per heavy atom. The lowest BCUT2D eigenvalue weighted by Gasteiger charge is -1.96. The van der Waals surface area contributed by atoms with Crippen molar-refractivity contribution in [3.05, 3.63) is 23.1 Å². The molecule has 1 aromatic carbocycles. The standard InChI is InChI=1S/C12H12O2S/c1-7(2)11-4-8-3-9-10(14-6-13-9)5-12(8)15-11/h3-5,7H,6H2,1-2H3. The van der Waals surface area contributed by atoms with Gasteiger partial charge in [-0.05, 0) is 23.4 Å². The van der Waals surface area contributed by atoms with Crippen molar-refractivity contribution in [1.82, 2.24) is 0 Å². The molecule has 3 rings (SSSR count). The molecule has 0 unspecified atom stereocenters. The van der Waals surface area contributed by atoms with Gasteiger partial charge in [-0.2, -0.15) is 0 Å². The molecule has 0 saturated heterocycles. The topological polar surface area (TPSA) is 18.5 Å². The monoisotopic (exact) mass is 220 g/mol. The molecule has 0 amide bonds. The molecule has 0 spiro atoms. The van der Waals surface area contributed by atoms with Crippen LogP contribution in [0.3, 0.4) is 0 Å². The van der Waals surface area contributed by atoms with Gasteiger partial charge >= 0.3 is 0 Å². The van der Waals surface area contributed by atoms with E-state index in [4.69, 9.17) is 9.47 Å². The first-order valence-corrected chi connectivity index (χ1v) is 5.89. The van der Waals surface area contributed by atoms with Gasteiger partial charge in [-0.15, -0.1) is 11.3 Å². The van der Waals surface area contributed by atoms with E-state index < -0.39 is 0 Å². The zero-order chi connectivity index (χ0) is 10.4. The van der Waals surface area contributed by atoms with Crippen molar-refractivity contribution in [3.63, 3.8) is 0 Å². The first-order chi connectivity index (χ1) is 7.24. The van der Waals surface area contributed by atoms with Crippen molar-refractivity contribution < 1.29 is 9.47 Å². The van der Waals surface area contributed by atoms with Crippen LogP contribution in [0.2, 0.25) is 0 Å². The van der Waals surface area contributed by atoms with Gasteiger partial charge < -0.3 is 9.47 Å². The number of hydrogen-bond acceptors (Lipinski definition) is 3. The molecule has 0 saturated carbocycles. The Labute approximate surface area is 92.4 Å². The van der Waals surface area contributed by atoms with E-state index in [9.17, 15) is 0 Å². The van der Waals surface area contributed by atoms with E-state index in [0.717, 1.165) is 11.5 Å². The van der Waals surface area contributed by atoms with Gasteiger partial charge in [0, 0.05) is 15.6 Å². The van der Waals surface area contributed by atoms with Crippen LogP contribution in [-0.4, -0.2) is 6.79 Å². The Hall–Kier alpha value is -1.22. The van der Waals surface area contributed by atoms with E-state index in [-0.39, 0.29) is 0 Å². The maximum atomic E-state index is 5.36. The van der Waals surface area contributed by atoms with E-state index >= 15 is 0 Å². The summed E-state index contributed by atoms with van der Waals surface area (Å²) < 4.78 is 12.0. The SMILES string of the molecule is CC(C)c1cc2cc3c(cc2s1)OCO3. The molecule has 2 nitrogen and oxygen atoms in total. The highest BCUT2D eigenvalue weighted by Crippen LogP contribution is 2.40. The smallest absolute Gasteiger partial charge is 0.231 e. The Bertz CT molecular complexity index is 473. The minimum absolute atomic E-state index is 0.351.